The first-order chi connectivity index (χ1) is 13.6. The molecule has 1 amide bonds. The molecule has 1 aliphatic rings. The first kappa shape index (κ1) is 18.2. The molecule has 28 heavy (non-hydrogen) atoms. The molecule has 9 heteroatoms. The van der Waals surface area contributed by atoms with Crippen LogP contribution < -0.4 is 10.4 Å². The molecule has 1 aromatic carbocycles. The quantitative estimate of drug-likeness (QED) is 0.676. The summed E-state index contributed by atoms with van der Waals surface area (Å²) in [5.74, 6) is 1.22. The van der Waals surface area contributed by atoms with Crippen molar-refractivity contribution in [3.05, 3.63) is 52.8 Å². The fraction of sp³-hybridized carbons (Fsp3) is 0.368. The molecule has 1 fully saturated rings. The third kappa shape index (κ3) is 3.24. The van der Waals surface area contributed by atoms with E-state index >= 15 is 0 Å². The standard InChI is InChI=1S/C19H21N5O4/c1-22-17-15(10-20-16(21-17)12-27-2)24(18(22)25)19(26)23-9-8-14(11-23)28-13-6-4-3-5-7-13/h3-7,10,14H,8-9,11-12H2,1-2H3/t14-/m1/s1. The third-order valence-electron chi connectivity index (χ3n) is 4.76. The first-order valence-electron chi connectivity index (χ1n) is 9.01. The smallest absolute Gasteiger partial charge is 0.338 e. The van der Waals surface area contributed by atoms with E-state index < -0.39 is 11.7 Å². The summed E-state index contributed by atoms with van der Waals surface area (Å²) in [5.41, 5.74) is 0.331. The van der Waals surface area contributed by atoms with Crippen molar-refractivity contribution in [3.63, 3.8) is 0 Å². The van der Waals surface area contributed by atoms with E-state index in [-0.39, 0.29) is 12.7 Å². The summed E-state index contributed by atoms with van der Waals surface area (Å²) < 4.78 is 13.4. The Kier molecular flexibility index (Phi) is 4.82. The lowest BCUT2D eigenvalue weighted by atomic mass is 10.3. The average molecular weight is 383 g/mol. The Balaban J connectivity index is 1.57. The summed E-state index contributed by atoms with van der Waals surface area (Å²) in [6.45, 7) is 1.16. The van der Waals surface area contributed by atoms with E-state index in [9.17, 15) is 9.59 Å². The number of amides is 1. The molecule has 0 N–H and O–H groups in total. The molecule has 0 radical (unpaired) electrons. The van der Waals surface area contributed by atoms with Crippen molar-refractivity contribution in [1.82, 2.24) is 24.0 Å². The summed E-state index contributed by atoms with van der Waals surface area (Å²) in [5, 5.41) is 0. The third-order valence-corrected chi connectivity index (χ3v) is 4.76. The Bertz CT molecular complexity index is 1060. The van der Waals surface area contributed by atoms with Crippen LogP contribution in [0.1, 0.15) is 12.2 Å². The summed E-state index contributed by atoms with van der Waals surface area (Å²) in [6.07, 6.45) is 2.08. The second kappa shape index (κ2) is 7.43. The van der Waals surface area contributed by atoms with Gasteiger partial charge in [-0.1, -0.05) is 18.2 Å². The molecule has 4 rings (SSSR count). The number of carbonyl (C=O) groups excluding carboxylic acids is 1. The summed E-state index contributed by atoms with van der Waals surface area (Å²) >= 11 is 0. The van der Waals surface area contributed by atoms with Crippen molar-refractivity contribution < 1.29 is 14.3 Å². The minimum atomic E-state index is -0.448. The van der Waals surface area contributed by atoms with Crippen LogP contribution >= 0.6 is 0 Å². The van der Waals surface area contributed by atoms with Gasteiger partial charge in [0.25, 0.3) is 0 Å². The van der Waals surface area contributed by atoms with Crippen LogP contribution in [0.25, 0.3) is 11.2 Å². The highest BCUT2D eigenvalue weighted by Gasteiger charge is 2.31. The molecule has 3 heterocycles. The first-order valence-corrected chi connectivity index (χ1v) is 9.01. The predicted molar refractivity (Wildman–Crippen MR) is 101 cm³/mol. The zero-order chi connectivity index (χ0) is 19.7. The van der Waals surface area contributed by atoms with Gasteiger partial charge < -0.3 is 14.4 Å². The van der Waals surface area contributed by atoms with Crippen molar-refractivity contribution >= 4 is 17.2 Å². The topological polar surface area (TPSA) is 91.5 Å². The Morgan fingerprint density at radius 1 is 1.29 bits per heavy atom. The van der Waals surface area contributed by atoms with Crippen molar-refractivity contribution in [2.75, 3.05) is 20.2 Å². The summed E-state index contributed by atoms with van der Waals surface area (Å²) in [6, 6.07) is 9.10. The van der Waals surface area contributed by atoms with Crippen LogP contribution in [0.15, 0.2) is 41.3 Å². The number of carbonyl (C=O) groups is 1. The SMILES string of the molecule is COCc1ncc2c(n1)n(C)c(=O)n2C(=O)N1CC[C@@H](Oc2ccccc2)C1. The lowest BCUT2D eigenvalue weighted by Gasteiger charge is -2.17. The van der Waals surface area contributed by atoms with Crippen molar-refractivity contribution in [1.29, 1.82) is 0 Å². The molecule has 0 saturated carbocycles. The molecule has 146 valence electrons. The maximum absolute atomic E-state index is 13.0. The van der Waals surface area contributed by atoms with Gasteiger partial charge in [0.2, 0.25) is 0 Å². The number of hydrogen-bond donors (Lipinski definition) is 0. The molecule has 0 bridgehead atoms. The number of methoxy groups -OCH3 is 1. The van der Waals surface area contributed by atoms with Gasteiger partial charge in [0, 0.05) is 27.1 Å². The molecular weight excluding hydrogens is 362 g/mol. The number of nitrogens with zero attached hydrogens (tertiary/aromatic N) is 5. The largest absolute Gasteiger partial charge is 0.489 e. The van der Waals surface area contributed by atoms with E-state index in [4.69, 9.17) is 9.47 Å². The molecule has 1 atom stereocenters. The number of imidazole rings is 1. The molecule has 2 aromatic heterocycles. The van der Waals surface area contributed by atoms with Gasteiger partial charge in [0.05, 0.1) is 12.7 Å². The number of hydrogen-bond acceptors (Lipinski definition) is 6. The van der Waals surface area contributed by atoms with E-state index in [1.165, 1.54) is 10.8 Å². The zero-order valence-electron chi connectivity index (χ0n) is 15.7. The Labute approximate surface area is 161 Å². The number of benzene rings is 1. The van der Waals surface area contributed by atoms with Crippen LogP contribution in [-0.4, -0.2) is 56.3 Å². The van der Waals surface area contributed by atoms with E-state index in [1.807, 2.05) is 30.3 Å². The van der Waals surface area contributed by atoms with E-state index in [0.717, 1.165) is 10.3 Å². The van der Waals surface area contributed by atoms with E-state index in [0.29, 0.717) is 36.5 Å². The molecule has 0 unspecified atom stereocenters. The highest BCUT2D eigenvalue weighted by Crippen LogP contribution is 2.19. The summed E-state index contributed by atoms with van der Waals surface area (Å²) in [4.78, 5) is 35.9. The van der Waals surface area contributed by atoms with Gasteiger partial charge in [-0.2, -0.15) is 0 Å². The van der Waals surface area contributed by atoms with Gasteiger partial charge in [-0.3, -0.25) is 4.57 Å². The number of aryl methyl sites for hydroxylation is 1. The fourth-order valence-electron chi connectivity index (χ4n) is 3.36. The molecule has 3 aromatic rings. The Morgan fingerprint density at radius 2 is 2.07 bits per heavy atom. The average Bonchev–Trinajstić information content (AvgIpc) is 3.26. The van der Waals surface area contributed by atoms with Gasteiger partial charge in [-0.25, -0.2) is 24.1 Å². The van der Waals surface area contributed by atoms with Crippen molar-refractivity contribution in [2.45, 2.75) is 19.1 Å². The van der Waals surface area contributed by atoms with E-state index in [1.54, 1.807) is 19.1 Å². The monoisotopic (exact) mass is 383 g/mol. The van der Waals surface area contributed by atoms with Crippen LogP contribution in [0.5, 0.6) is 5.75 Å². The lowest BCUT2D eigenvalue weighted by molar-refractivity contribution is 0.178. The highest BCUT2D eigenvalue weighted by atomic mass is 16.5. The minimum absolute atomic E-state index is 0.110. The minimum Gasteiger partial charge on any atom is -0.489 e. The van der Waals surface area contributed by atoms with Gasteiger partial charge in [0.15, 0.2) is 11.5 Å². The predicted octanol–water partition coefficient (Wildman–Crippen LogP) is 1.40. The Hall–Kier alpha value is -3.20. The van der Waals surface area contributed by atoms with E-state index in [2.05, 4.69) is 9.97 Å². The number of fused-ring (bicyclic) bond motifs is 1. The highest BCUT2D eigenvalue weighted by molar-refractivity contribution is 5.87. The van der Waals surface area contributed by atoms with Crippen LogP contribution in [0.3, 0.4) is 0 Å². The number of aromatic nitrogens is 4. The van der Waals surface area contributed by atoms with Crippen LogP contribution in [0, 0.1) is 0 Å². The second-order valence-corrected chi connectivity index (χ2v) is 6.68. The maximum Gasteiger partial charge on any atom is 0.338 e. The zero-order valence-corrected chi connectivity index (χ0v) is 15.7. The number of likely N-dealkylation sites (tertiary alicyclic amines) is 1. The van der Waals surface area contributed by atoms with Crippen molar-refractivity contribution in [3.8, 4) is 5.75 Å². The number of ether oxygens (including phenoxy) is 2. The van der Waals surface area contributed by atoms with Gasteiger partial charge in [-0.15, -0.1) is 0 Å². The molecule has 1 aliphatic heterocycles. The summed E-state index contributed by atoms with van der Waals surface area (Å²) in [7, 11) is 3.13. The lowest BCUT2D eigenvalue weighted by Crippen LogP contribution is -2.39. The van der Waals surface area contributed by atoms with Crippen molar-refractivity contribution in [2.24, 2.45) is 7.05 Å². The molecule has 1 saturated heterocycles. The van der Waals surface area contributed by atoms with Gasteiger partial charge >= 0.3 is 11.7 Å². The van der Waals surface area contributed by atoms with Crippen LogP contribution in [0.2, 0.25) is 0 Å². The molecule has 9 nitrogen and oxygen atoms in total. The molecular formula is C19H21N5O4. The van der Waals surface area contributed by atoms with Gasteiger partial charge in [-0.05, 0) is 12.1 Å². The number of para-hydroxylation sites is 1. The fourth-order valence-corrected chi connectivity index (χ4v) is 3.36. The van der Waals surface area contributed by atoms with Crippen LogP contribution in [0.4, 0.5) is 4.79 Å². The maximum atomic E-state index is 13.0. The Morgan fingerprint density at radius 3 is 2.82 bits per heavy atom. The van der Waals surface area contributed by atoms with Gasteiger partial charge in [0.1, 0.15) is 24.0 Å². The molecule has 0 spiro atoms. The second-order valence-electron chi connectivity index (χ2n) is 6.68. The van der Waals surface area contributed by atoms with Crippen LogP contribution in [-0.2, 0) is 18.4 Å². The normalized spacial score (nSPS) is 16.6. The molecule has 0 aliphatic carbocycles. The number of rotatable bonds is 4.